The van der Waals surface area contributed by atoms with Crippen LogP contribution in [-0.2, 0) is 0 Å². The van der Waals surface area contributed by atoms with Crippen molar-refractivity contribution in [2.75, 3.05) is 0 Å². The second kappa shape index (κ2) is 6.56. The number of hydrogen-bond donors (Lipinski definition) is 0. The first-order valence-electron chi connectivity index (χ1n) is 5.82. The Bertz CT molecular complexity index is 595. The van der Waals surface area contributed by atoms with Crippen LogP contribution < -0.4 is 4.74 Å². The van der Waals surface area contributed by atoms with Crippen molar-refractivity contribution in [2.45, 2.75) is 6.61 Å². The molecule has 0 amide bonds. The van der Waals surface area contributed by atoms with Gasteiger partial charge in [-0.1, -0.05) is 6.07 Å². The second-order valence-electron chi connectivity index (χ2n) is 3.89. The maximum absolute atomic E-state index is 12.0. The fourth-order valence-corrected chi connectivity index (χ4v) is 1.54. The Morgan fingerprint density at radius 2 is 1.95 bits per heavy atom. The topological polar surface area (TPSA) is 39.2 Å². The number of halogens is 2. The molecular weight excluding hydrogens is 264 g/mol. The number of ether oxygens (including phenoxy) is 1. The molecular formula is C15H11F2NO2. The molecule has 0 N–H and O–H groups in total. The van der Waals surface area contributed by atoms with Crippen molar-refractivity contribution in [1.82, 2.24) is 4.98 Å². The number of carbonyl (C=O) groups excluding carboxylic acids is 1. The third-order valence-corrected chi connectivity index (χ3v) is 2.48. The molecule has 0 saturated heterocycles. The zero-order valence-corrected chi connectivity index (χ0v) is 10.4. The number of allylic oxidation sites excluding steroid dienone is 1. The third-order valence-electron chi connectivity index (χ3n) is 2.48. The van der Waals surface area contributed by atoms with Crippen LogP contribution >= 0.6 is 0 Å². The van der Waals surface area contributed by atoms with Gasteiger partial charge in [0.1, 0.15) is 5.75 Å². The van der Waals surface area contributed by atoms with Crippen LogP contribution in [0.2, 0.25) is 0 Å². The molecule has 5 heteroatoms. The van der Waals surface area contributed by atoms with Crippen molar-refractivity contribution in [3.63, 3.8) is 0 Å². The summed E-state index contributed by atoms with van der Waals surface area (Å²) in [6.07, 6.45) is 6.31. The van der Waals surface area contributed by atoms with E-state index < -0.39 is 6.61 Å². The molecule has 1 aromatic heterocycles. The summed E-state index contributed by atoms with van der Waals surface area (Å²) in [6.45, 7) is -2.87. The average molecular weight is 275 g/mol. The highest BCUT2D eigenvalue weighted by atomic mass is 19.3. The first-order chi connectivity index (χ1) is 9.65. The van der Waals surface area contributed by atoms with E-state index in [0.717, 1.165) is 5.56 Å². The first kappa shape index (κ1) is 13.9. The molecule has 0 unspecified atom stereocenters. The molecule has 1 aromatic carbocycles. The number of nitrogens with zero attached hydrogens (tertiary/aromatic N) is 1. The number of hydrogen-bond acceptors (Lipinski definition) is 3. The standard InChI is InChI=1S/C15H11F2NO2/c16-15(17)20-13-6-4-12(5-7-13)14(19)8-3-11-2-1-9-18-10-11/h1-10,15H. The van der Waals surface area contributed by atoms with Crippen molar-refractivity contribution in [1.29, 1.82) is 0 Å². The molecule has 0 fully saturated rings. The van der Waals surface area contributed by atoms with E-state index in [4.69, 9.17) is 0 Å². The van der Waals surface area contributed by atoms with E-state index in [1.54, 1.807) is 24.5 Å². The minimum Gasteiger partial charge on any atom is -0.435 e. The molecule has 0 aliphatic carbocycles. The van der Waals surface area contributed by atoms with Gasteiger partial charge >= 0.3 is 6.61 Å². The lowest BCUT2D eigenvalue weighted by atomic mass is 10.1. The van der Waals surface area contributed by atoms with Crippen molar-refractivity contribution in [3.05, 3.63) is 66.0 Å². The zero-order chi connectivity index (χ0) is 14.4. The van der Waals surface area contributed by atoms with Gasteiger partial charge in [0.15, 0.2) is 5.78 Å². The average Bonchev–Trinajstić information content (AvgIpc) is 2.46. The molecule has 3 nitrogen and oxygen atoms in total. The van der Waals surface area contributed by atoms with Crippen LogP contribution in [0.1, 0.15) is 15.9 Å². The maximum Gasteiger partial charge on any atom is 0.387 e. The van der Waals surface area contributed by atoms with E-state index in [2.05, 4.69) is 9.72 Å². The van der Waals surface area contributed by atoms with Crippen LogP contribution in [0.15, 0.2) is 54.9 Å². The first-order valence-corrected chi connectivity index (χ1v) is 5.82. The third kappa shape index (κ3) is 3.98. The predicted octanol–water partition coefficient (Wildman–Crippen LogP) is 3.58. The monoisotopic (exact) mass is 275 g/mol. The Morgan fingerprint density at radius 1 is 1.20 bits per heavy atom. The van der Waals surface area contributed by atoms with Gasteiger partial charge in [0.25, 0.3) is 0 Å². The minimum atomic E-state index is -2.87. The molecule has 0 saturated carbocycles. The zero-order valence-electron chi connectivity index (χ0n) is 10.4. The van der Waals surface area contributed by atoms with E-state index in [1.807, 2.05) is 6.07 Å². The summed E-state index contributed by atoms with van der Waals surface area (Å²) >= 11 is 0. The largest absolute Gasteiger partial charge is 0.435 e. The summed E-state index contributed by atoms with van der Waals surface area (Å²) < 4.78 is 28.2. The van der Waals surface area contributed by atoms with Gasteiger partial charge in [-0.3, -0.25) is 9.78 Å². The van der Waals surface area contributed by atoms with E-state index >= 15 is 0 Å². The molecule has 0 atom stereocenters. The number of aromatic nitrogens is 1. The normalized spacial score (nSPS) is 10.9. The van der Waals surface area contributed by atoms with Gasteiger partial charge in [-0.2, -0.15) is 8.78 Å². The quantitative estimate of drug-likeness (QED) is 0.618. The Kier molecular flexibility index (Phi) is 4.55. The predicted molar refractivity (Wildman–Crippen MR) is 70.7 cm³/mol. The summed E-state index contributed by atoms with van der Waals surface area (Å²) in [5.74, 6) is -0.203. The highest BCUT2D eigenvalue weighted by molar-refractivity contribution is 6.06. The van der Waals surface area contributed by atoms with E-state index in [9.17, 15) is 13.6 Å². The highest BCUT2D eigenvalue weighted by Gasteiger charge is 2.06. The van der Waals surface area contributed by atoms with Crippen molar-refractivity contribution < 1.29 is 18.3 Å². The van der Waals surface area contributed by atoms with Gasteiger partial charge in [0.05, 0.1) is 0 Å². The Labute approximate surface area is 114 Å². The number of alkyl halides is 2. The van der Waals surface area contributed by atoms with Crippen LogP contribution in [0.3, 0.4) is 0 Å². The van der Waals surface area contributed by atoms with Crippen LogP contribution in [0.4, 0.5) is 8.78 Å². The summed E-state index contributed by atoms with van der Waals surface area (Å²) in [7, 11) is 0. The Morgan fingerprint density at radius 3 is 2.55 bits per heavy atom. The second-order valence-corrected chi connectivity index (χ2v) is 3.89. The van der Waals surface area contributed by atoms with Crippen LogP contribution in [0.25, 0.3) is 6.08 Å². The van der Waals surface area contributed by atoms with Gasteiger partial charge < -0.3 is 4.74 Å². The lowest BCUT2D eigenvalue weighted by Crippen LogP contribution is -2.02. The van der Waals surface area contributed by atoms with Crippen LogP contribution in [0, 0.1) is 0 Å². The summed E-state index contributed by atoms with van der Waals surface area (Å²) in [6, 6.07) is 9.12. The minimum absolute atomic E-state index is 0.0211. The fourth-order valence-electron chi connectivity index (χ4n) is 1.54. The molecule has 0 aliphatic rings. The lowest BCUT2D eigenvalue weighted by molar-refractivity contribution is -0.0498. The molecule has 2 aromatic rings. The van der Waals surface area contributed by atoms with E-state index in [0.29, 0.717) is 5.56 Å². The Hall–Kier alpha value is -2.56. The van der Waals surface area contributed by atoms with Gasteiger partial charge in [-0.05, 0) is 48.0 Å². The summed E-state index contributed by atoms with van der Waals surface area (Å²) in [5, 5.41) is 0. The van der Waals surface area contributed by atoms with Gasteiger partial charge in [-0.25, -0.2) is 0 Å². The number of rotatable bonds is 5. The lowest BCUT2D eigenvalue weighted by Gasteiger charge is -2.04. The molecule has 0 aliphatic heterocycles. The molecule has 1 heterocycles. The van der Waals surface area contributed by atoms with Crippen molar-refractivity contribution >= 4 is 11.9 Å². The van der Waals surface area contributed by atoms with Gasteiger partial charge in [-0.15, -0.1) is 0 Å². The van der Waals surface area contributed by atoms with Crippen LogP contribution in [0.5, 0.6) is 5.75 Å². The highest BCUT2D eigenvalue weighted by Crippen LogP contribution is 2.15. The molecule has 0 bridgehead atoms. The van der Waals surface area contributed by atoms with E-state index in [1.165, 1.54) is 30.3 Å². The summed E-state index contributed by atoms with van der Waals surface area (Å²) in [5.41, 5.74) is 1.20. The molecule has 20 heavy (non-hydrogen) atoms. The number of carbonyl (C=O) groups is 1. The Balaban J connectivity index is 2.04. The SMILES string of the molecule is O=C(C=Cc1cccnc1)c1ccc(OC(F)F)cc1. The fraction of sp³-hybridized carbons (Fsp3) is 0.0667. The molecule has 0 radical (unpaired) electrons. The molecule has 2 rings (SSSR count). The van der Waals surface area contributed by atoms with E-state index in [-0.39, 0.29) is 11.5 Å². The molecule has 102 valence electrons. The smallest absolute Gasteiger partial charge is 0.387 e. The van der Waals surface area contributed by atoms with Gasteiger partial charge in [0.2, 0.25) is 0 Å². The maximum atomic E-state index is 12.0. The van der Waals surface area contributed by atoms with Gasteiger partial charge in [0, 0.05) is 18.0 Å². The van der Waals surface area contributed by atoms with Crippen LogP contribution in [-0.4, -0.2) is 17.4 Å². The van der Waals surface area contributed by atoms with Crippen molar-refractivity contribution in [2.24, 2.45) is 0 Å². The van der Waals surface area contributed by atoms with Crippen molar-refractivity contribution in [3.8, 4) is 5.75 Å². The summed E-state index contributed by atoms with van der Waals surface area (Å²) in [4.78, 5) is 15.8. The molecule has 0 spiro atoms. The number of pyridine rings is 1. The number of ketones is 1. The number of benzene rings is 1.